The van der Waals surface area contributed by atoms with Crippen molar-refractivity contribution in [3.05, 3.63) is 17.7 Å². The van der Waals surface area contributed by atoms with E-state index in [1.54, 1.807) is 0 Å². The van der Waals surface area contributed by atoms with Gasteiger partial charge in [-0.05, 0) is 25.8 Å². The molecule has 0 saturated heterocycles. The number of nitrogens with one attached hydrogen (secondary N) is 1. The zero-order valence-electron chi connectivity index (χ0n) is 13.7. The highest BCUT2D eigenvalue weighted by Gasteiger charge is 2.21. The maximum atomic E-state index is 5.71. The lowest BCUT2D eigenvalue weighted by molar-refractivity contribution is 0.131. The Labute approximate surface area is 128 Å². The lowest BCUT2D eigenvalue weighted by atomic mass is 10.2. The summed E-state index contributed by atoms with van der Waals surface area (Å²) in [5.41, 5.74) is 2.14. The fourth-order valence-electron chi connectivity index (χ4n) is 2.18. The van der Waals surface area contributed by atoms with Crippen molar-refractivity contribution in [1.29, 1.82) is 0 Å². The predicted molar refractivity (Wildman–Crippen MR) is 85.7 cm³/mol. The van der Waals surface area contributed by atoms with Gasteiger partial charge in [0.2, 0.25) is 0 Å². The van der Waals surface area contributed by atoms with Gasteiger partial charge in [0.15, 0.2) is 0 Å². The van der Waals surface area contributed by atoms with E-state index >= 15 is 0 Å². The molecule has 0 bridgehead atoms. The molecule has 0 unspecified atom stereocenters. The van der Waals surface area contributed by atoms with E-state index in [4.69, 9.17) is 9.72 Å². The first-order valence-electron chi connectivity index (χ1n) is 7.91. The van der Waals surface area contributed by atoms with Crippen molar-refractivity contribution >= 4 is 5.69 Å². The molecule has 5 heteroatoms. The van der Waals surface area contributed by atoms with Crippen LogP contribution < -0.4 is 10.2 Å². The number of aromatic nitrogens is 2. The van der Waals surface area contributed by atoms with Crippen LogP contribution in [0.1, 0.15) is 44.1 Å². The highest BCUT2D eigenvalue weighted by molar-refractivity contribution is 5.48. The second-order valence-electron chi connectivity index (χ2n) is 6.19. The van der Waals surface area contributed by atoms with Crippen molar-refractivity contribution in [3.8, 4) is 0 Å². The number of ether oxygens (including phenoxy) is 1. The monoisotopic (exact) mass is 292 g/mol. The van der Waals surface area contributed by atoms with Gasteiger partial charge >= 0.3 is 0 Å². The maximum absolute atomic E-state index is 5.71. The average Bonchev–Trinajstić information content (AvgIpc) is 3.27. The summed E-state index contributed by atoms with van der Waals surface area (Å²) >= 11 is 0. The summed E-state index contributed by atoms with van der Waals surface area (Å²) in [5.74, 6) is 2.08. The molecule has 0 atom stereocenters. The largest absolute Gasteiger partial charge is 0.379 e. The van der Waals surface area contributed by atoms with Crippen LogP contribution in [0.15, 0.2) is 6.20 Å². The molecule has 0 spiro atoms. The first kappa shape index (κ1) is 16.2. The van der Waals surface area contributed by atoms with E-state index in [1.165, 1.54) is 12.8 Å². The molecule has 2 rings (SSSR count). The van der Waals surface area contributed by atoms with Gasteiger partial charge in [0, 0.05) is 32.7 Å². The van der Waals surface area contributed by atoms with Gasteiger partial charge in [-0.25, -0.2) is 9.97 Å². The van der Waals surface area contributed by atoms with E-state index in [-0.39, 0.29) is 0 Å². The molecule has 1 aromatic rings. The second-order valence-corrected chi connectivity index (χ2v) is 6.19. The summed E-state index contributed by atoms with van der Waals surface area (Å²) in [4.78, 5) is 11.4. The van der Waals surface area contributed by atoms with E-state index < -0.39 is 0 Å². The van der Waals surface area contributed by atoms with Gasteiger partial charge < -0.3 is 15.0 Å². The minimum atomic E-state index is 0.349. The molecule has 1 N–H and O–H groups in total. The Morgan fingerprint density at radius 2 is 2.19 bits per heavy atom. The van der Waals surface area contributed by atoms with Gasteiger partial charge in [-0.2, -0.15) is 0 Å². The van der Waals surface area contributed by atoms with Gasteiger partial charge in [0.05, 0.1) is 24.2 Å². The van der Waals surface area contributed by atoms with Crippen LogP contribution in [-0.2, 0) is 11.3 Å². The Balaban J connectivity index is 1.94. The Bertz CT molecular complexity index is 446. The van der Waals surface area contributed by atoms with E-state index in [9.17, 15) is 0 Å². The molecular weight excluding hydrogens is 264 g/mol. The highest BCUT2D eigenvalue weighted by atomic mass is 16.5. The third kappa shape index (κ3) is 4.93. The number of hydrogen-bond acceptors (Lipinski definition) is 5. The molecule has 1 aliphatic rings. The number of nitrogens with zero attached hydrogens (tertiary/aromatic N) is 3. The van der Waals surface area contributed by atoms with Crippen LogP contribution in [0, 0.1) is 5.92 Å². The van der Waals surface area contributed by atoms with Gasteiger partial charge in [-0.3, -0.25) is 0 Å². The van der Waals surface area contributed by atoms with E-state index in [1.807, 2.05) is 13.2 Å². The Morgan fingerprint density at radius 1 is 1.43 bits per heavy atom. The predicted octanol–water partition coefficient (Wildman–Crippen LogP) is 2.18. The highest BCUT2D eigenvalue weighted by Crippen LogP contribution is 2.28. The summed E-state index contributed by atoms with van der Waals surface area (Å²) in [5, 5.41) is 3.19. The van der Waals surface area contributed by atoms with Crippen LogP contribution in [0.3, 0.4) is 0 Å². The molecule has 0 aromatic carbocycles. The van der Waals surface area contributed by atoms with Crippen LogP contribution in [-0.4, -0.2) is 43.8 Å². The van der Waals surface area contributed by atoms with Crippen molar-refractivity contribution in [2.45, 2.75) is 39.2 Å². The minimum absolute atomic E-state index is 0.349. The third-order valence-corrected chi connectivity index (χ3v) is 3.76. The van der Waals surface area contributed by atoms with Crippen LogP contribution in [0.2, 0.25) is 0 Å². The number of likely N-dealkylation sites (N-methyl/N-ethyl adjacent to an activating group) is 1. The minimum Gasteiger partial charge on any atom is -0.379 e. The second kappa shape index (κ2) is 7.71. The van der Waals surface area contributed by atoms with E-state index in [0.717, 1.165) is 49.4 Å². The first-order valence-corrected chi connectivity index (χ1v) is 7.91. The van der Waals surface area contributed by atoms with Crippen molar-refractivity contribution in [3.63, 3.8) is 0 Å². The molecule has 1 aliphatic carbocycles. The maximum Gasteiger partial charge on any atom is 0.131 e. The molecule has 5 nitrogen and oxygen atoms in total. The van der Waals surface area contributed by atoms with Crippen LogP contribution in [0.4, 0.5) is 5.69 Å². The van der Waals surface area contributed by atoms with Gasteiger partial charge in [0.1, 0.15) is 5.82 Å². The molecule has 0 aliphatic heterocycles. The van der Waals surface area contributed by atoms with E-state index in [0.29, 0.717) is 5.92 Å². The Morgan fingerprint density at radius 3 is 2.81 bits per heavy atom. The lowest BCUT2D eigenvalue weighted by Gasteiger charge is -2.22. The normalized spacial score (nSPS) is 14.7. The molecule has 1 heterocycles. The summed E-state index contributed by atoms with van der Waals surface area (Å²) in [6, 6.07) is 0. The quantitative estimate of drug-likeness (QED) is 0.707. The summed E-state index contributed by atoms with van der Waals surface area (Å²) < 4.78 is 5.71. The fraction of sp³-hybridized carbons (Fsp3) is 0.750. The Hall–Kier alpha value is -1.20. The van der Waals surface area contributed by atoms with Crippen molar-refractivity contribution in [2.75, 3.05) is 38.8 Å². The van der Waals surface area contributed by atoms with Crippen LogP contribution in [0.25, 0.3) is 0 Å². The van der Waals surface area contributed by atoms with Crippen molar-refractivity contribution in [1.82, 2.24) is 15.3 Å². The zero-order chi connectivity index (χ0) is 15.2. The third-order valence-electron chi connectivity index (χ3n) is 3.76. The smallest absolute Gasteiger partial charge is 0.131 e. The summed E-state index contributed by atoms with van der Waals surface area (Å²) in [7, 11) is 4.02. The SMILES string of the molecule is CNCc1nc(C(C)C)ncc1N(C)CCOCC1CC1. The molecular formula is C16H28N4O. The fourth-order valence-corrected chi connectivity index (χ4v) is 2.18. The molecule has 0 amide bonds. The van der Waals surface area contributed by atoms with Gasteiger partial charge in [-0.1, -0.05) is 13.8 Å². The van der Waals surface area contributed by atoms with Crippen molar-refractivity contribution < 1.29 is 4.74 Å². The molecule has 1 aromatic heterocycles. The molecule has 0 radical (unpaired) electrons. The number of hydrogen-bond donors (Lipinski definition) is 1. The molecule has 118 valence electrons. The Kier molecular flexibility index (Phi) is 5.94. The van der Waals surface area contributed by atoms with Crippen molar-refractivity contribution in [2.24, 2.45) is 5.92 Å². The van der Waals surface area contributed by atoms with Crippen LogP contribution in [0.5, 0.6) is 0 Å². The van der Waals surface area contributed by atoms with E-state index in [2.05, 4.69) is 36.1 Å². The average molecular weight is 292 g/mol. The lowest BCUT2D eigenvalue weighted by Crippen LogP contribution is -2.26. The summed E-state index contributed by atoms with van der Waals surface area (Å²) in [6.45, 7) is 7.54. The number of anilines is 1. The number of rotatable bonds is 9. The molecule has 1 fully saturated rings. The standard InChI is InChI=1S/C16H28N4O/c1-12(2)16-18-10-15(14(19-16)9-17-3)20(4)7-8-21-11-13-5-6-13/h10,12-13,17H,5-9,11H2,1-4H3. The first-order chi connectivity index (χ1) is 10.1. The van der Waals surface area contributed by atoms with Gasteiger partial charge in [0.25, 0.3) is 0 Å². The summed E-state index contributed by atoms with van der Waals surface area (Å²) in [6.07, 6.45) is 4.62. The topological polar surface area (TPSA) is 50.3 Å². The van der Waals surface area contributed by atoms with Crippen LogP contribution >= 0.6 is 0 Å². The zero-order valence-corrected chi connectivity index (χ0v) is 13.7. The molecule has 21 heavy (non-hydrogen) atoms. The van der Waals surface area contributed by atoms with Gasteiger partial charge in [-0.15, -0.1) is 0 Å². The molecule has 1 saturated carbocycles.